The lowest BCUT2D eigenvalue weighted by molar-refractivity contribution is -0.122. The van der Waals surface area contributed by atoms with Gasteiger partial charge in [0.15, 0.2) is 0 Å². The highest BCUT2D eigenvalue weighted by atomic mass is 79.9. The summed E-state index contributed by atoms with van der Waals surface area (Å²) in [5.74, 6) is 0.271. The van der Waals surface area contributed by atoms with Crippen molar-refractivity contribution in [1.29, 1.82) is 0 Å². The van der Waals surface area contributed by atoms with Crippen molar-refractivity contribution in [2.24, 2.45) is 0 Å². The molecule has 2 aromatic rings. The van der Waals surface area contributed by atoms with Crippen LogP contribution in [-0.4, -0.2) is 32.6 Å². The molecule has 1 aromatic heterocycles. The smallest absolute Gasteiger partial charge is 0.266 e. The monoisotopic (exact) mass is 461 g/mol. The van der Waals surface area contributed by atoms with Crippen LogP contribution >= 0.6 is 39.9 Å². The quantitative estimate of drug-likeness (QED) is 0.507. The number of hydrogen-bond donors (Lipinski definition) is 1. The lowest BCUT2D eigenvalue weighted by atomic mass is 10.2. The van der Waals surface area contributed by atoms with E-state index in [1.165, 1.54) is 11.8 Å². The van der Waals surface area contributed by atoms with Crippen molar-refractivity contribution in [3.63, 3.8) is 0 Å². The number of nitrogens with zero attached hydrogens (tertiary/aromatic N) is 2. The van der Waals surface area contributed by atoms with E-state index in [0.29, 0.717) is 34.4 Å². The molecule has 27 heavy (non-hydrogen) atoms. The summed E-state index contributed by atoms with van der Waals surface area (Å²) in [6, 6.07) is 13.0. The minimum atomic E-state index is -0.135. The number of anilines is 1. The Morgan fingerprint density at radius 2 is 2.04 bits per heavy atom. The van der Waals surface area contributed by atoms with Crippen molar-refractivity contribution in [2.45, 2.75) is 12.8 Å². The van der Waals surface area contributed by atoms with Crippen LogP contribution in [0.1, 0.15) is 18.4 Å². The van der Waals surface area contributed by atoms with Gasteiger partial charge in [-0.15, -0.1) is 0 Å². The molecule has 1 fully saturated rings. The van der Waals surface area contributed by atoms with Crippen molar-refractivity contribution in [1.82, 2.24) is 9.88 Å². The normalized spacial score (nSPS) is 15.4. The first-order valence-corrected chi connectivity index (χ1v) is 10.3. The number of aromatic nitrogens is 1. The molecule has 3 rings (SSSR count). The number of thiocarbonyl (C=S) groups is 1. The number of carbonyl (C=O) groups excluding carboxylic acids is 2. The minimum Gasteiger partial charge on any atom is -0.311 e. The van der Waals surface area contributed by atoms with Gasteiger partial charge < -0.3 is 5.32 Å². The molecule has 0 unspecified atom stereocenters. The van der Waals surface area contributed by atoms with Crippen molar-refractivity contribution in [3.05, 3.63) is 63.6 Å². The van der Waals surface area contributed by atoms with Crippen LogP contribution < -0.4 is 5.32 Å². The second-order valence-corrected chi connectivity index (χ2v) is 8.34. The maximum Gasteiger partial charge on any atom is 0.266 e. The molecular weight excluding hydrogens is 446 g/mol. The summed E-state index contributed by atoms with van der Waals surface area (Å²) in [5.41, 5.74) is 0.938. The molecule has 1 saturated heterocycles. The highest BCUT2D eigenvalue weighted by molar-refractivity contribution is 9.10. The van der Waals surface area contributed by atoms with Gasteiger partial charge in [-0.25, -0.2) is 4.98 Å². The number of rotatable bonds is 6. The van der Waals surface area contributed by atoms with Crippen LogP contribution in [0.2, 0.25) is 0 Å². The Labute approximate surface area is 175 Å². The molecule has 0 saturated carbocycles. The average Bonchev–Trinajstić information content (AvgIpc) is 2.92. The highest BCUT2D eigenvalue weighted by Crippen LogP contribution is 2.32. The zero-order valence-corrected chi connectivity index (χ0v) is 17.4. The van der Waals surface area contributed by atoms with Crippen LogP contribution in [0.15, 0.2) is 58.0 Å². The summed E-state index contributed by atoms with van der Waals surface area (Å²) in [6.45, 7) is 0.415. The molecule has 0 bridgehead atoms. The van der Waals surface area contributed by atoms with Crippen LogP contribution in [0, 0.1) is 0 Å². The topological polar surface area (TPSA) is 62.3 Å². The van der Waals surface area contributed by atoms with Crippen LogP contribution in [0.3, 0.4) is 0 Å². The molecule has 2 heterocycles. The molecule has 138 valence electrons. The summed E-state index contributed by atoms with van der Waals surface area (Å²) in [7, 11) is 0. The van der Waals surface area contributed by atoms with Gasteiger partial charge in [0, 0.05) is 23.6 Å². The fourth-order valence-corrected chi connectivity index (χ4v) is 4.02. The van der Waals surface area contributed by atoms with Gasteiger partial charge in [0.25, 0.3) is 5.91 Å². The number of nitrogens with one attached hydrogen (secondary N) is 1. The van der Waals surface area contributed by atoms with Crippen molar-refractivity contribution < 1.29 is 9.59 Å². The maximum atomic E-state index is 12.6. The van der Waals surface area contributed by atoms with Gasteiger partial charge in [-0.1, -0.05) is 58.1 Å². The molecule has 0 radical (unpaired) electrons. The molecule has 1 N–H and O–H groups in total. The average molecular weight is 462 g/mol. The summed E-state index contributed by atoms with van der Waals surface area (Å²) in [4.78, 5) is 30.8. The summed E-state index contributed by atoms with van der Waals surface area (Å²) in [5, 5.41) is 2.73. The molecule has 0 atom stereocenters. The molecule has 1 aliphatic heterocycles. The fourth-order valence-electron chi connectivity index (χ4n) is 2.44. The zero-order chi connectivity index (χ0) is 19.2. The SMILES string of the molecule is O=C(CCCN1C(=O)/C(=C/c2ccc(Br)cc2)SC1=S)Nc1ccccn1. The second kappa shape index (κ2) is 9.25. The zero-order valence-electron chi connectivity index (χ0n) is 14.2. The van der Waals surface area contributed by atoms with E-state index in [1.807, 2.05) is 30.3 Å². The van der Waals surface area contributed by atoms with Crippen LogP contribution in [0.5, 0.6) is 0 Å². The largest absolute Gasteiger partial charge is 0.311 e. The fraction of sp³-hybridized carbons (Fsp3) is 0.158. The van der Waals surface area contributed by atoms with Crippen molar-refractivity contribution in [2.75, 3.05) is 11.9 Å². The number of benzene rings is 1. The Balaban J connectivity index is 1.53. The Morgan fingerprint density at radius 3 is 2.74 bits per heavy atom. The first kappa shape index (κ1) is 19.7. The number of amides is 2. The number of pyridine rings is 1. The van der Waals surface area contributed by atoms with E-state index in [-0.39, 0.29) is 11.8 Å². The molecular formula is C19H16BrN3O2S2. The third kappa shape index (κ3) is 5.47. The lowest BCUT2D eigenvalue weighted by Gasteiger charge is -2.14. The number of carbonyl (C=O) groups is 2. The van der Waals surface area contributed by atoms with Crippen molar-refractivity contribution >= 4 is 67.9 Å². The Bertz CT molecular complexity index is 886. The van der Waals surface area contributed by atoms with E-state index < -0.39 is 0 Å². The van der Waals surface area contributed by atoms with Crippen molar-refractivity contribution in [3.8, 4) is 0 Å². The van der Waals surface area contributed by atoms with E-state index in [1.54, 1.807) is 29.3 Å². The summed E-state index contributed by atoms with van der Waals surface area (Å²) in [6.07, 6.45) is 4.27. The van der Waals surface area contributed by atoms with Gasteiger partial charge >= 0.3 is 0 Å². The lowest BCUT2D eigenvalue weighted by Crippen LogP contribution is -2.29. The predicted molar refractivity (Wildman–Crippen MR) is 116 cm³/mol. The predicted octanol–water partition coefficient (Wildman–Crippen LogP) is 4.46. The van der Waals surface area contributed by atoms with E-state index in [9.17, 15) is 9.59 Å². The Morgan fingerprint density at radius 1 is 1.26 bits per heavy atom. The molecule has 0 spiro atoms. The molecule has 0 aliphatic carbocycles. The minimum absolute atomic E-state index is 0.113. The number of thioether (sulfide) groups is 1. The molecule has 1 aliphatic rings. The molecule has 1 aromatic carbocycles. The van der Waals surface area contributed by atoms with E-state index >= 15 is 0 Å². The third-order valence-corrected chi connectivity index (χ3v) is 5.67. The second-order valence-electron chi connectivity index (χ2n) is 5.75. The first-order chi connectivity index (χ1) is 13.0. The van der Waals surface area contributed by atoms with Gasteiger partial charge in [-0.05, 0) is 42.3 Å². The first-order valence-electron chi connectivity index (χ1n) is 8.25. The molecule has 5 nitrogen and oxygen atoms in total. The number of halogens is 1. The van der Waals surface area contributed by atoms with Gasteiger partial charge in [-0.2, -0.15) is 0 Å². The van der Waals surface area contributed by atoms with Gasteiger partial charge in [0.2, 0.25) is 5.91 Å². The van der Waals surface area contributed by atoms with Crippen LogP contribution in [0.4, 0.5) is 5.82 Å². The van der Waals surface area contributed by atoms with E-state index in [0.717, 1.165) is 10.0 Å². The van der Waals surface area contributed by atoms with E-state index in [2.05, 4.69) is 26.2 Å². The van der Waals surface area contributed by atoms with Gasteiger partial charge in [-0.3, -0.25) is 14.5 Å². The van der Waals surface area contributed by atoms with Gasteiger partial charge in [0.1, 0.15) is 10.1 Å². The maximum absolute atomic E-state index is 12.6. The third-order valence-electron chi connectivity index (χ3n) is 3.76. The van der Waals surface area contributed by atoms with Gasteiger partial charge in [0.05, 0.1) is 4.91 Å². The van der Waals surface area contributed by atoms with Crippen LogP contribution in [0.25, 0.3) is 6.08 Å². The number of hydrogen-bond acceptors (Lipinski definition) is 5. The molecule has 2 amide bonds. The molecule has 8 heteroatoms. The standard InChI is InChI=1S/C19H16BrN3O2S2/c20-14-8-6-13(7-9-14)12-15-18(25)23(19(26)27-15)11-3-5-17(24)22-16-4-1-2-10-21-16/h1-2,4,6-10,12H,3,5,11H2,(H,21,22,24)/b15-12-. The van der Waals surface area contributed by atoms with Crippen LogP contribution in [-0.2, 0) is 9.59 Å². The Kier molecular flexibility index (Phi) is 6.76. The summed E-state index contributed by atoms with van der Waals surface area (Å²) < 4.78 is 1.50. The summed E-state index contributed by atoms with van der Waals surface area (Å²) >= 11 is 10.0. The van der Waals surface area contributed by atoms with E-state index in [4.69, 9.17) is 12.2 Å². The highest BCUT2D eigenvalue weighted by Gasteiger charge is 2.31. The Hall–Kier alpha value is -2.03.